The van der Waals surface area contributed by atoms with E-state index in [1.807, 2.05) is 6.08 Å². The summed E-state index contributed by atoms with van der Waals surface area (Å²) in [6, 6.07) is -1.03. The summed E-state index contributed by atoms with van der Waals surface area (Å²) < 4.78 is 17.7. The third-order valence-electron chi connectivity index (χ3n) is 17.3. The summed E-state index contributed by atoms with van der Waals surface area (Å²) in [6.45, 7) is 5.72. The van der Waals surface area contributed by atoms with Gasteiger partial charge in [-0.25, -0.2) is 0 Å². The molecule has 1 fully saturated rings. The third-order valence-corrected chi connectivity index (χ3v) is 17.3. The number of carbonyl (C=O) groups excluding carboxylic acids is 2. The molecule has 11 heteroatoms. The van der Waals surface area contributed by atoms with Crippen LogP contribution >= 0.6 is 0 Å². The van der Waals surface area contributed by atoms with Crippen LogP contribution in [0.5, 0.6) is 0 Å². The average molecular weight is 1250 g/mol. The molecule has 1 heterocycles. The minimum atomic E-state index is -1.62. The van der Waals surface area contributed by atoms with Crippen molar-refractivity contribution in [3.05, 3.63) is 85.1 Å². The number of allylic oxidation sites excluding steroid dienone is 13. The predicted molar refractivity (Wildman–Crippen MR) is 375 cm³/mol. The van der Waals surface area contributed by atoms with E-state index in [1.54, 1.807) is 6.08 Å². The molecule has 89 heavy (non-hydrogen) atoms. The lowest BCUT2D eigenvalue weighted by molar-refractivity contribution is -0.305. The van der Waals surface area contributed by atoms with Crippen molar-refractivity contribution in [3.8, 4) is 0 Å². The zero-order valence-corrected chi connectivity index (χ0v) is 57.5. The van der Waals surface area contributed by atoms with Gasteiger partial charge in [-0.3, -0.25) is 9.59 Å². The van der Waals surface area contributed by atoms with Crippen molar-refractivity contribution in [2.45, 2.75) is 384 Å². The maximum absolute atomic E-state index is 13.5. The van der Waals surface area contributed by atoms with Gasteiger partial charge >= 0.3 is 5.97 Å². The summed E-state index contributed by atoms with van der Waals surface area (Å²) >= 11 is 0. The molecule has 1 aliphatic rings. The first kappa shape index (κ1) is 83.9. The van der Waals surface area contributed by atoms with Crippen molar-refractivity contribution in [2.24, 2.45) is 0 Å². The Morgan fingerprint density at radius 2 is 0.809 bits per heavy atom. The second-order valence-electron chi connectivity index (χ2n) is 25.7. The maximum Gasteiger partial charge on any atom is 0.306 e. The average Bonchev–Trinajstić information content (AvgIpc) is 1.85. The van der Waals surface area contributed by atoms with E-state index in [1.165, 1.54) is 180 Å². The summed E-state index contributed by atoms with van der Waals surface area (Å²) in [6.07, 6.45) is 76.2. The number of ether oxygens (including phenoxy) is 3. The number of aliphatic hydroxyl groups excluding tert-OH is 5. The lowest BCUT2D eigenvalue weighted by Gasteiger charge is -2.41. The van der Waals surface area contributed by atoms with E-state index >= 15 is 0 Å². The van der Waals surface area contributed by atoms with Crippen molar-refractivity contribution in [1.82, 2.24) is 5.32 Å². The van der Waals surface area contributed by atoms with Gasteiger partial charge in [-0.15, -0.1) is 0 Å². The van der Waals surface area contributed by atoms with E-state index in [0.717, 1.165) is 109 Å². The first-order chi connectivity index (χ1) is 43.7. The topological polar surface area (TPSA) is 175 Å². The molecule has 1 aliphatic heterocycles. The summed E-state index contributed by atoms with van der Waals surface area (Å²) in [5, 5.41) is 57.4. The van der Waals surface area contributed by atoms with Gasteiger partial charge in [0, 0.05) is 6.42 Å². The molecule has 11 nitrogen and oxygen atoms in total. The molecule has 0 bridgehead atoms. The van der Waals surface area contributed by atoms with Gasteiger partial charge in [-0.2, -0.15) is 0 Å². The third kappa shape index (κ3) is 52.0. The molecule has 1 saturated heterocycles. The van der Waals surface area contributed by atoms with Crippen LogP contribution in [0.25, 0.3) is 0 Å². The molecule has 1 rings (SSSR count). The Hall–Kier alpha value is -3.16. The van der Waals surface area contributed by atoms with Crippen LogP contribution in [0.3, 0.4) is 0 Å². The molecule has 0 aromatic heterocycles. The van der Waals surface area contributed by atoms with Gasteiger partial charge in [0.15, 0.2) is 12.4 Å². The number of amides is 1. The van der Waals surface area contributed by atoms with E-state index in [-0.39, 0.29) is 13.0 Å². The molecule has 8 unspecified atom stereocenters. The second-order valence-corrected chi connectivity index (χ2v) is 25.7. The first-order valence-electron chi connectivity index (χ1n) is 37.4. The maximum atomic E-state index is 13.5. The summed E-state index contributed by atoms with van der Waals surface area (Å²) in [5.41, 5.74) is 0. The number of hydrogen-bond donors (Lipinski definition) is 6. The van der Waals surface area contributed by atoms with Crippen LogP contribution < -0.4 is 5.32 Å². The van der Waals surface area contributed by atoms with E-state index in [4.69, 9.17) is 14.2 Å². The van der Waals surface area contributed by atoms with E-state index < -0.39 is 67.4 Å². The Morgan fingerprint density at radius 1 is 0.449 bits per heavy atom. The highest BCUT2D eigenvalue weighted by molar-refractivity contribution is 5.80. The Kier molecular flexibility index (Phi) is 61.2. The fourth-order valence-electron chi connectivity index (χ4n) is 11.5. The Bertz CT molecular complexity index is 1780. The lowest BCUT2D eigenvalue weighted by atomic mass is 9.99. The van der Waals surface area contributed by atoms with E-state index in [2.05, 4.69) is 99.0 Å². The number of nitrogens with one attached hydrogen (secondary N) is 1. The van der Waals surface area contributed by atoms with Crippen molar-refractivity contribution in [2.75, 3.05) is 13.2 Å². The van der Waals surface area contributed by atoms with Crippen LogP contribution in [0.2, 0.25) is 0 Å². The molecule has 0 aromatic rings. The molecule has 516 valence electrons. The van der Waals surface area contributed by atoms with Crippen LogP contribution in [0, 0.1) is 0 Å². The molecular weight excluding hydrogens is 1110 g/mol. The molecule has 0 radical (unpaired) electrons. The number of carbonyl (C=O) groups is 2. The number of rotatable bonds is 64. The second kappa shape index (κ2) is 64.9. The standard InChI is InChI=1S/C78H139NO10/c1-4-7-10-13-16-19-22-25-27-29-31-33-34-35-36-37-38-39-41-43-45-48-51-54-57-60-63-66-73(83)89-76-75(85)74(84)72(67-80)88-78(76)87-68-69(70(81)64-61-58-55-52-49-46-24-21-18-15-12-9-6-3)79-77(86)71(82)65-62-59-56-53-50-47-44-42-40-32-30-28-26-23-20-17-14-11-8-5-2/h7,10,16,19,25,27,31,33,35-36,38-39,61,64,69-72,74-76,78,80-82,84-85H,4-6,8-9,11-15,17-18,20-24,26,28-30,32,34,37,40-60,62-63,65-68H2,1-3H3,(H,79,86)/b10-7-,19-16-,27-25-,33-31-,36-35-,39-38-,64-61+. The molecule has 0 aromatic carbocycles. The van der Waals surface area contributed by atoms with Gasteiger partial charge in [0.05, 0.1) is 25.4 Å². The minimum Gasteiger partial charge on any atom is -0.454 e. The quantitative estimate of drug-likeness (QED) is 0.0195. The highest BCUT2D eigenvalue weighted by Gasteiger charge is 2.47. The molecule has 0 spiro atoms. The smallest absolute Gasteiger partial charge is 0.306 e. The Labute approximate surface area is 546 Å². The predicted octanol–water partition coefficient (Wildman–Crippen LogP) is 19.6. The number of hydrogen-bond acceptors (Lipinski definition) is 10. The van der Waals surface area contributed by atoms with Crippen molar-refractivity contribution < 1.29 is 49.3 Å². The van der Waals surface area contributed by atoms with Crippen LogP contribution in [0.1, 0.15) is 335 Å². The summed E-state index contributed by atoms with van der Waals surface area (Å²) in [4.78, 5) is 26.7. The molecule has 8 atom stereocenters. The first-order valence-corrected chi connectivity index (χ1v) is 37.4. The fraction of sp³-hybridized carbons (Fsp3) is 0.795. The molecular formula is C78H139NO10. The monoisotopic (exact) mass is 1250 g/mol. The largest absolute Gasteiger partial charge is 0.454 e. The normalized spacial score (nSPS) is 18.6. The minimum absolute atomic E-state index is 0.111. The highest BCUT2D eigenvalue weighted by Crippen LogP contribution is 2.26. The van der Waals surface area contributed by atoms with Crippen LogP contribution in [-0.4, -0.2) is 99.6 Å². The van der Waals surface area contributed by atoms with Crippen LogP contribution in [0.4, 0.5) is 0 Å². The van der Waals surface area contributed by atoms with Crippen molar-refractivity contribution in [3.63, 3.8) is 0 Å². The van der Waals surface area contributed by atoms with Crippen LogP contribution in [0.15, 0.2) is 85.1 Å². The Morgan fingerprint density at radius 3 is 1.21 bits per heavy atom. The van der Waals surface area contributed by atoms with Gasteiger partial charge in [-0.1, -0.05) is 337 Å². The van der Waals surface area contributed by atoms with Gasteiger partial charge in [-0.05, 0) is 77.0 Å². The van der Waals surface area contributed by atoms with Gasteiger partial charge in [0.2, 0.25) is 5.91 Å². The summed E-state index contributed by atoms with van der Waals surface area (Å²) in [7, 11) is 0. The van der Waals surface area contributed by atoms with Crippen molar-refractivity contribution >= 4 is 11.9 Å². The van der Waals surface area contributed by atoms with Gasteiger partial charge < -0.3 is 45.1 Å². The van der Waals surface area contributed by atoms with E-state index in [9.17, 15) is 35.1 Å². The van der Waals surface area contributed by atoms with Crippen molar-refractivity contribution in [1.29, 1.82) is 0 Å². The number of aliphatic hydroxyl groups is 5. The zero-order chi connectivity index (χ0) is 64.6. The molecule has 0 saturated carbocycles. The number of esters is 1. The van der Waals surface area contributed by atoms with E-state index in [0.29, 0.717) is 19.3 Å². The zero-order valence-electron chi connectivity index (χ0n) is 57.5. The summed E-state index contributed by atoms with van der Waals surface area (Å²) in [5.74, 6) is -1.19. The Balaban J connectivity index is 2.56. The highest BCUT2D eigenvalue weighted by atomic mass is 16.7. The number of unbranched alkanes of at least 4 members (excludes halogenated alkanes) is 38. The van der Waals surface area contributed by atoms with Crippen LogP contribution in [-0.2, 0) is 23.8 Å². The van der Waals surface area contributed by atoms with Gasteiger partial charge in [0.1, 0.15) is 24.4 Å². The van der Waals surface area contributed by atoms with Gasteiger partial charge in [0.25, 0.3) is 0 Å². The fourth-order valence-corrected chi connectivity index (χ4v) is 11.5. The molecule has 6 N–H and O–H groups in total. The molecule has 0 aliphatic carbocycles. The lowest BCUT2D eigenvalue weighted by Crippen LogP contribution is -2.61. The SMILES string of the molecule is CC/C=C\C/C=C\C/C=C\C/C=C\C/C=C\C/C=C\CCCCCCCCCCC(=O)OC1C(OCC(NC(=O)C(O)CCCCCCCCCCCCCCCCCCCCCC)C(O)/C=C/CCCCCCCCCCCCC)OC(CO)C(O)C1O. The molecule has 1 amide bonds.